The summed E-state index contributed by atoms with van der Waals surface area (Å²) in [6.45, 7) is 2.57. The van der Waals surface area contributed by atoms with Crippen LogP contribution in [-0.2, 0) is 10.3 Å². The van der Waals surface area contributed by atoms with Crippen molar-refractivity contribution in [2.45, 2.75) is 18.9 Å². The maximum absolute atomic E-state index is 6.16. The normalized spacial score (nSPS) is 15.3. The van der Waals surface area contributed by atoms with Gasteiger partial charge in [-0.05, 0) is 18.1 Å². The van der Waals surface area contributed by atoms with Crippen LogP contribution < -0.4 is 5.73 Å². The van der Waals surface area contributed by atoms with Crippen LogP contribution in [0.25, 0.3) is 0 Å². The third-order valence-electron chi connectivity index (χ3n) is 2.27. The largest absolute Gasteiger partial charge is 0.382 e. The lowest BCUT2D eigenvalue weighted by atomic mass is 9.90. The van der Waals surface area contributed by atoms with Crippen LogP contribution >= 0.6 is 0 Å². The van der Waals surface area contributed by atoms with Crippen LogP contribution in [0.2, 0.25) is 0 Å². The van der Waals surface area contributed by atoms with Gasteiger partial charge in [-0.2, -0.15) is 0 Å². The van der Waals surface area contributed by atoms with Crippen molar-refractivity contribution in [3.8, 4) is 0 Å². The Kier molecular flexibility index (Phi) is 3.39. The van der Waals surface area contributed by atoms with Gasteiger partial charge >= 0.3 is 0 Å². The van der Waals surface area contributed by atoms with Crippen molar-refractivity contribution < 1.29 is 4.74 Å². The molecule has 0 aliphatic heterocycles. The standard InChI is InChI=1S/C10H16N2O/c1-3-10(11,8-13-2)9-5-4-6-12-7-9/h4-7H,3,8,11H2,1-2H3. The van der Waals surface area contributed by atoms with E-state index in [9.17, 15) is 0 Å². The quantitative estimate of drug-likeness (QED) is 0.759. The van der Waals surface area contributed by atoms with Gasteiger partial charge in [-0.15, -0.1) is 0 Å². The second-order valence-corrected chi connectivity index (χ2v) is 3.18. The Labute approximate surface area is 78.9 Å². The van der Waals surface area contributed by atoms with Crippen LogP contribution in [0.3, 0.4) is 0 Å². The Balaban J connectivity index is 2.89. The molecule has 0 aliphatic carbocycles. The molecule has 1 heterocycles. The van der Waals surface area contributed by atoms with Crippen molar-refractivity contribution in [3.63, 3.8) is 0 Å². The molecule has 2 N–H and O–H groups in total. The maximum atomic E-state index is 6.16. The summed E-state index contributed by atoms with van der Waals surface area (Å²) in [5, 5.41) is 0. The van der Waals surface area contributed by atoms with Crippen molar-refractivity contribution in [3.05, 3.63) is 30.1 Å². The highest BCUT2D eigenvalue weighted by Gasteiger charge is 2.24. The molecule has 0 aliphatic rings. The average molecular weight is 180 g/mol. The number of hydrogen-bond donors (Lipinski definition) is 1. The minimum atomic E-state index is -0.400. The topological polar surface area (TPSA) is 48.1 Å². The van der Waals surface area contributed by atoms with E-state index >= 15 is 0 Å². The number of aromatic nitrogens is 1. The van der Waals surface area contributed by atoms with E-state index < -0.39 is 5.54 Å². The molecule has 0 amide bonds. The molecule has 1 aromatic rings. The van der Waals surface area contributed by atoms with Crippen LogP contribution in [0.1, 0.15) is 18.9 Å². The summed E-state index contributed by atoms with van der Waals surface area (Å²) in [7, 11) is 1.66. The molecule has 1 rings (SSSR count). The molecular weight excluding hydrogens is 164 g/mol. The van der Waals surface area contributed by atoms with Gasteiger partial charge in [0.25, 0.3) is 0 Å². The van der Waals surface area contributed by atoms with Crippen LogP contribution in [0.4, 0.5) is 0 Å². The summed E-state index contributed by atoms with van der Waals surface area (Å²) < 4.78 is 5.10. The SMILES string of the molecule is CCC(N)(COC)c1cccnc1. The fourth-order valence-corrected chi connectivity index (χ4v) is 1.30. The summed E-state index contributed by atoms with van der Waals surface area (Å²) in [5.41, 5.74) is 6.79. The molecule has 0 spiro atoms. The molecule has 1 atom stereocenters. The Bertz CT molecular complexity index is 250. The lowest BCUT2D eigenvalue weighted by molar-refractivity contribution is 0.129. The van der Waals surface area contributed by atoms with Crippen molar-refractivity contribution in [2.75, 3.05) is 13.7 Å². The van der Waals surface area contributed by atoms with E-state index in [1.807, 2.05) is 19.1 Å². The lowest BCUT2D eigenvalue weighted by Gasteiger charge is -2.27. The predicted octanol–water partition coefficient (Wildman–Crippen LogP) is 1.29. The molecule has 13 heavy (non-hydrogen) atoms. The third-order valence-corrected chi connectivity index (χ3v) is 2.27. The monoisotopic (exact) mass is 180 g/mol. The highest BCUT2D eigenvalue weighted by atomic mass is 16.5. The van der Waals surface area contributed by atoms with Crippen LogP contribution in [0, 0.1) is 0 Å². The zero-order valence-corrected chi connectivity index (χ0v) is 8.16. The van der Waals surface area contributed by atoms with Gasteiger partial charge in [-0.25, -0.2) is 0 Å². The molecule has 0 aromatic carbocycles. The summed E-state index contributed by atoms with van der Waals surface area (Å²) >= 11 is 0. The van der Waals surface area contributed by atoms with Gasteiger partial charge < -0.3 is 10.5 Å². The molecule has 72 valence electrons. The van der Waals surface area contributed by atoms with Crippen molar-refractivity contribution >= 4 is 0 Å². The highest BCUT2D eigenvalue weighted by molar-refractivity contribution is 5.19. The maximum Gasteiger partial charge on any atom is 0.0684 e. The fourth-order valence-electron chi connectivity index (χ4n) is 1.30. The van der Waals surface area contributed by atoms with Gasteiger partial charge in [0, 0.05) is 19.5 Å². The van der Waals surface area contributed by atoms with Crippen LogP contribution in [0.5, 0.6) is 0 Å². The number of ether oxygens (including phenoxy) is 1. The number of nitrogens with two attached hydrogens (primary N) is 1. The first kappa shape index (κ1) is 10.2. The van der Waals surface area contributed by atoms with E-state index in [1.165, 1.54) is 0 Å². The number of pyridine rings is 1. The van der Waals surface area contributed by atoms with E-state index in [0.717, 1.165) is 12.0 Å². The van der Waals surface area contributed by atoms with E-state index in [1.54, 1.807) is 19.5 Å². The summed E-state index contributed by atoms with van der Waals surface area (Å²) in [4.78, 5) is 4.05. The molecule has 3 nitrogen and oxygen atoms in total. The fraction of sp³-hybridized carbons (Fsp3) is 0.500. The van der Waals surface area contributed by atoms with Crippen molar-refractivity contribution in [1.29, 1.82) is 0 Å². The Morgan fingerprint density at radius 1 is 1.62 bits per heavy atom. The molecule has 3 heteroatoms. The second-order valence-electron chi connectivity index (χ2n) is 3.18. The first-order valence-electron chi connectivity index (χ1n) is 4.41. The zero-order valence-electron chi connectivity index (χ0n) is 8.16. The summed E-state index contributed by atoms with van der Waals surface area (Å²) in [6, 6.07) is 3.87. The first-order chi connectivity index (χ1) is 6.23. The molecule has 1 unspecified atom stereocenters. The molecule has 0 saturated heterocycles. The molecule has 0 fully saturated rings. The van der Waals surface area contributed by atoms with Gasteiger partial charge in [0.1, 0.15) is 0 Å². The van der Waals surface area contributed by atoms with Gasteiger partial charge in [0.05, 0.1) is 12.1 Å². The number of hydrogen-bond acceptors (Lipinski definition) is 3. The lowest BCUT2D eigenvalue weighted by Crippen LogP contribution is -2.40. The Morgan fingerprint density at radius 3 is 2.85 bits per heavy atom. The van der Waals surface area contributed by atoms with E-state index in [2.05, 4.69) is 4.98 Å². The minimum Gasteiger partial charge on any atom is -0.382 e. The van der Waals surface area contributed by atoms with Gasteiger partial charge in [0.2, 0.25) is 0 Å². The van der Waals surface area contributed by atoms with Crippen LogP contribution in [0.15, 0.2) is 24.5 Å². The molecular formula is C10H16N2O. The molecule has 0 bridgehead atoms. The van der Waals surface area contributed by atoms with E-state index in [0.29, 0.717) is 6.61 Å². The van der Waals surface area contributed by atoms with Crippen molar-refractivity contribution in [2.24, 2.45) is 5.73 Å². The third kappa shape index (κ3) is 2.26. The Hall–Kier alpha value is -0.930. The van der Waals surface area contributed by atoms with E-state index in [-0.39, 0.29) is 0 Å². The zero-order chi connectivity index (χ0) is 9.73. The van der Waals surface area contributed by atoms with E-state index in [4.69, 9.17) is 10.5 Å². The van der Waals surface area contributed by atoms with Gasteiger partial charge in [-0.3, -0.25) is 4.98 Å². The number of nitrogens with zero attached hydrogens (tertiary/aromatic N) is 1. The van der Waals surface area contributed by atoms with Crippen molar-refractivity contribution in [1.82, 2.24) is 4.98 Å². The first-order valence-corrected chi connectivity index (χ1v) is 4.41. The molecule has 0 saturated carbocycles. The number of methoxy groups -OCH3 is 1. The summed E-state index contributed by atoms with van der Waals surface area (Å²) in [6.07, 6.45) is 4.38. The Morgan fingerprint density at radius 2 is 2.38 bits per heavy atom. The highest BCUT2D eigenvalue weighted by Crippen LogP contribution is 2.20. The summed E-state index contributed by atoms with van der Waals surface area (Å²) in [5.74, 6) is 0. The predicted molar refractivity (Wildman–Crippen MR) is 52.3 cm³/mol. The number of rotatable bonds is 4. The van der Waals surface area contributed by atoms with Crippen LogP contribution in [-0.4, -0.2) is 18.7 Å². The molecule has 1 aromatic heterocycles. The van der Waals surface area contributed by atoms with Gasteiger partial charge in [0.15, 0.2) is 0 Å². The van der Waals surface area contributed by atoms with Gasteiger partial charge in [-0.1, -0.05) is 13.0 Å². The average Bonchev–Trinajstić information content (AvgIpc) is 2.19. The minimum absolute atomic E-state index is 0.400. The smallest absolute Gasteiger partial charge is 0.0684 e. The second kappa shape index (κ2) is 4.35. The molecule has 0 radical (unpaired) electrons.